The highest BCUT2D eigenvalue weighted by Crippen LogP contribution is 2.24. The summed E-state index contributed by atoms with van der Waals surface area (Å²) in [7, 11) is -2.90. The van der Waals surface area contributed by atoms with Gasteiger partial charge in [-0.3, -0.25) is 0 Å². The van der Waals surface area contributed by atoms with Gasteiger partial charge >= 0.3 is 8.80 Å². The largest absolute Gasteiger partial charge is 0.500 e. The minimum absolute atomic E-state index is 0.194. The summed E-state index contributed by atoms with van der Waals surface area (Å²) in [4.78, 5) is 0. The number of nitrogens with zero attached hydrogens (tertiary/aromatic N) is 2. The molecular weight excluding hydrogens is 290 g/mol. The van der Waals surface area contributed by atoms with Crippen LogP contribution in [0.1, 0.15) is 12.8 Å². The van der Waals surface area contributed by atoms with Crippen LogP contribution in [-0.4, -0.2) is 43.3 Å². The smallest absolute Gasteiger partial charge is 0.377 e. The van der Waals surface area contributed by atoms with Gasteiger partial charge in [-0.25, -0.2) is 13.6 Å². The van der Waals surface area contributed by atoms with E-state index in [4.69, 9.17) is 28.9 Å². The van der Waals surface area contributed by atoms with Gasteiger partial charge in [0.15, 0.2) is 0 Å². The van der Waals surface area contributed by atoms with Gasteiger partial charge in [0.25, 0.3) is 4.75 Å². The molecule has 0 aliphatic heterocycles. The van der Waals surface area contributed by atoms with Gasteiger partial charge in [-0.2, -0.15) is 10.5 Å². The Morgan fingerprint density at radius 3 is 1.84 bits per heavy atom. The van der Waals surface area contributed by atoms with Crippen molar-refractivity contribution in [2.24, 2.45) is 5.14 Å². The van der Waals surface area contributed by atoms with Crippen LogP contribution in [0.15, 0.2) is 0 Å². The van der Waals surface area contributed by atoms with Crippen molar-refractivity contribution < 1.29 is 21.7 Å². The summed E-state index contributed by atoms with van der Waals surface area (Å²) < 4.78 is 35.9. The topological polar surface area (TPSA) is 135 Å². The quantitative estimate of drug-likeness (QED) is 0.609. The van der Waals surface area contributed by atoms with Gasteiger partial charge in [0.1, 0.15) is 12.1 Å². The van der Waals surface area contributed by atoms with E-state index in [1.165, 1.54) is 33.5 Å². The van der Waals surface area contributed by atoms with E-state index >= 15 is 0 Å². The van der Waals surface area contributed by atoms with E-state index in [1.54, 1.807) is 0 Å². The molecule has 19 heavy (non-hydrogen) atoms. The summed E-state index contributed by atoms with van der Waals surface area (Å²) in [6.07, 6.45) is -0.0387. The summed E-state index contributed by atoms with van der Waals surface area (Å²) in [6.45, 7) is 0. The summed E-state index contributed by atoms with van der Waals surface area (Å²) >= 11 is 0. The van der Waals surface area contributed by atoms with Gasteiger partial charge in [0.2, 0.25) is 10.0 Å². The molecule has 0 rings (SSSR count). The highest BCUT2D eigenvalue weighted by atomic mass is 32.2. The highest BCUT2D eigenvalue weighted by Gasteiger charge is 2.44. The summed E-state index contributed by atoms with van der Waals surface area (Å²) in [5, 5.41) is 22.7. The van der Waals surface area contributed by atoms with Crippen LogP contribution in [0.25, 0.3) is 0 Å². The third kappa shape index (κ3) is 3.97. The molecule has 0 unspecified atom stereocenters. The molecule has 8 nitrogen and oxygen atoms in total. The van der Waals surface area contributed by atoms with Gasteiger partial charge in [-0.05, 0) is 12.8 Å². The molecule has 0 aromatic heterocycles. The molecule has 0 aromatic rings. The molecule has 0 bridgehead atoms. The summed E-state index contributed by atoms with van der Waals surface area (Å²) in [5.41, 5.74) is 0. The maximum atomic E-state index is 11.3. The Kier molecular flexibility index (Phi) is 6.58. The molecule has 0 aromatic carbocycles. The molecule has 10 heteroatoms. The van der Waals surface area contributed by atoms with Crippen LogP contribution >= 0.6 is 0 Å². The number of nitrogens with two attached hydrogens (primary N) is 1. The SMILES string of the molecule is CO[Si](CCCC(C#N)(C#N)S(N)(=O)=O)(OC)OC. The molecule has 0 saturated heterocycles. The van der Waals surface area contributed by atoms with E-state index in [2.05, 4.69) is 0 Å². The number of hydrogen-bond donors (Lipinski definition) is 1. The van der Waals surface area contributed by atoms with Crippen molar-refractivity contribution in [1.29, 1.82) is 10.5 Å². The zero-order valence-electron chi connectivity index (χ0n) is 11.0. The third-order valence-electron chi connectivity index (χ3n) is 2.79. The number of hydrogen-bond acceptors (Lipinski definition) is 7. The lowest BCUT2D eigenvalue weighted by molar-refractivity contribution is 0.122. The molecule has 108 valence electrons. The van der Waals surface area contributed by atoms with Crippen LogP contribution in [0.2, 0.25) is 6.04 Å². The molecule has 0 amide bonds. The van der Waals surface area contributed by atoms with Crippen LogP contribution in [0.5, 0.6) is 0 Å². The van der Waals surface area contributed by atoms with Crippen molar-refractivity contribution in [3.8, 4) is 12.1 Å². The van der Waals surface area contributed by atoms with Crippen LogP contribution in [0.3, 0.4) is 0 Å². The maximum Gasteiger partial charge on any atom is 0.500 e. The lowest BCUT2D eigenvalue weighted by Crippen LogP contribution is -2.44. The standard InChI is InChI=1S/C9H17N3O5SSi/c1-15-19(16-2,17-3)6-4-5-9(7-10,8-11)18(12,13)14/h4-6H2,1-3H3,(H2,12,13,14). The second-order valence-electron chi connectivity index (χ2n) is 3.74. The van der Waals surface area contributed by atoms with E-state index in [1.807, 2.05) is 0 Å². The monoisotopic (exact) mass is 307 g/mol. The van der Waals surface area contributed by atoms with Gasteiger partial charge in [0, 0.05) is 27.4 Å². The Morgan fingerprint density at radius 2 is 1.58 bits per heavy atom. The fourth-order valence-electron chi connectivity index (χ4n) is 1.52. The molecule has 2 N–H and O–H groups in total. The molecule has 0 spiro atoms. The first-order valence-electron chi connectivity index (χ1n) is 5.26. The molecule has 0 heterocycles. The van der Waals surface area contributed by atoms with Gasteiger partial charge in [0.05, 0.1) is 0 Å². The van der Waals surface area contributed by atoms with E-state index in [0.717, 1.165) is 0 Å². The zero-order chi connectivity index (χ0) is 15.2. The molecule has 0 aliphatic carbocycles. The number of rotatable bonds is 8. The zero-order valence-corrected chi connectivity index (χ0v) is 12.9. The first-order valence-corrected chi connectivity index (χ1v) is 8.74. The molecule has 0 aliphatic rings. The second-order valence-corrected chi connectivity index (χ2v) is 8.62. The minimum Gasteiger partial charge on any atom is -0.377 e. The Bertz CT molecular complexity index is 455. The van der Waals surface area contributed by atoms with Gasteiger partial charge in [-0.1, -0.05) is 0 Å². The van der Waals surface area contributed by atoms with E-state index in [9.17, 15) is 8.42 Å². The minimum atomic E-state index is -4.29. The molecular formula is C9H17N3O5SSi. The van der Waals surface area contributed by atoms with Crippen LogP contribution in [0.4, 0.5) is 0 Å². The van der Waals surface area contributed by atoms with Crippen LogP contribution in [-0.2, 0) is 23.3 Å². The number of nitriles is 2. The first-order chi connectivity index (χ1) is 8.76. The van der Waals surface area contributed by atoms with Crippen molar-refractivity contribution in [2.45, 2.75) is 23.6 Å². The Balaban J connectivity index is 4.90. The fraction of sp³-hybridized carbons (Fsp3) is 0.778. The van der Waals surface area contributed by atoms with Crippen molar-refractivity contribution in [2.75, 3.05) is 21.3 Å². The van der Waals surface area contributed by atoms with Crippen LogP contribution in [0, 0.1) is 22.7 Å². The Morgan fingerprint density at radius 1 is 1.16 bits per heavy atom. The maximum absolute atomic E-state index is 11.3. The van der Waals surface area contributed by atoms with Crippen molar-refractivity contribution >= 4 is 18.8 Å². The van der Waals surface area contributed by atoms with Crippen molar-refractivity contribution in [3.05, 3.63) is 0 Å². The van der Waals surface area contributed by atoms with Crippen molar-refractivity contribution in [3.63, 3.8) is 0 Å². The molecule has 0 atom stereocenters. The average molecular weight is 307 g/mol. The van der Waals surface area contributed by atoms with Crippen LogP contribution < -0.4 is 5.14 Å². The van der Waals surface area contributed by atoms with E-state index in [0.29, 0.717) is 0 Å². The van der Waals surface area contributed by atoms with Gasteiger partial charge in [-0.15, -0.1) is 0 Å². The summed E-state index contributed by atoms with van der Waals surface area (Å²) in [6, 6.07) is 3.20. The fourth-order valence-corrected chi connectivity index (χ4v) is 3.92. The number of sulfonamides is 1. The van der Waals surface area contributed by atoms with E-state index < -0.39 is 23.6 Å². The average Bonchev–Trinajstić information content (AvgIpc) is 2.39. The lowest BCUT2D eigenvalue weighted by Gasteiger charge is -2.25. The van der Waals surface area contributed by atoms with Gasteiger partial charge < -0.3 is 13.3 Å². The molecule has 0 radical (unpaired) electrons. The highest BCUT2D eigenvalue weighted by molar-refractivity contribution is 7.91. The second kappa shape index (κ2) is 6.95. The predicted octanol–water partition coefficient (Wildman–Crippen LogP) is -0.281. The summed E-state index contributed by atoms with van der Waals surface area (Å²) in [5.74, 6) is 0. The molecule has 0 saturated carbocycles. The Hall–Kier alpha value is -1.01. The van der Waals surface area contributed by atoms with Crippen molar-refractivity contribution in [1.82, 2.24) is 0 Å². The normalized spacial score (nSPS) is 12.7. The third-order valence-corrected chi connectivity index (χ3v) is 6.98. The first kappa shape index (κ1) is 18.0. The lowest BCUT2D eigenvalue weighted by atomic mass is 10.1. The predicted molar refractivity (Wildman–Crippen MR) is 67.9 cm³/mol. The number of primary sulfonamides is 1. The Labute approximate surface area is 114 Å². The molecule has 0 fully saturated rings. The van der Waals surface area contributed by atoms with E-state index in [-0.39, 0.29) is 18.9 Å².